The fraction of sp³-hybridized carbons (Fsp3) is 0.294. The zero-order valence-corrected chi connectivity index (χ0v) is 14.1. The Hall–Kier alpha value is -2.96. The third-order valence-electron chi connectivity index (χ3n) is 3.80. The van der Waals surface area contributed by atoms with E-state index >= 15 is 0 Å². The molecule has 0 unspecified atom stereocenters. The van der Waals surface area contributed by atoms with Gasteiger partial charge < -0.3 is 9.88 Å². The van der Waals surface area contributed by atoms with E-state index in [0.717, 1.165) is 0 Å². The Labute approximate surface area is 138 Å². The molecule has 1 N–H and O–H groups in total. The van der Waals surface area contributed by atoms with Crippen LogP contribution in [0.1, 0.15) is 31.1 Å². The van der Waals surface area contributed by atoms with Crippen molar-refractivity contribution in [3.63, 3.8) is 0 Å². The van der Waals surface area contributed by atoms with Gasteiger partial charge in [-0.25, -0.2) is 4.98 Å². The van der Waals surface area contributed by atoms with Gasteiger partial charge in [0.05, 0.1) is 17.1 Å². The van der Waals surface area contributed by atoms with E-state index < -0.39 is 0 Å². The van der Waals surface area contributed by atoms with E-state index in [-0.39, 0.29) is 22.7 Å². The number of nitrogens with one attached hydrogen (secondary N) is 1. The van der Waals surface area contributed by atoms with Crippen LogP contribution in [0.4, 0.5) is 5.69 Å². The zero-order chi connectivity index (χ0) is 17.5. The number of hydrogen-bond acceptors (Lipinski definition) is 4. The Balaban J connectivity index is 2.00. The maximum Gasteiger partial charge on any atom is 0.274 e. The Morgan fingerprint density at radius 1 is 1.25 bits per heavy atom. The molecule has 0 saturated heterocycles. The summed E-state index contributed by atoms with van der Waals surface area (Å²) < 4.78 is 3.19. The van der Waals surface area contributed by atoms with Gasteiger partial charge in [0.2, 0.25) is 0 Å². The summed E-state index contributed by atoms with van der Waals surface area (Å²) in [5, 5.41) is 7.46. The van der Waals surface area contributed by atoms with Gasteiger partial charge >= 0.3 is 0 Å². The number of fused-ring (bicyclic) bond motifs is 1. The summed E-state index contributed by atoms with van der Waals surface area (Å²) in [6, 6.07) is 4.96. The maximum atomic E-state index is 12.6. The molecule has 0 aromatic carbocycles. The topological polar surface area (TPSA) is 81.8 Å². The highest BCUT2D eigenvalue weighted by Crippen LogP contribution is 2.17. The number of aromatic nitrogens is 4. The number of aryl methyl sites for hydroxylation is 1. The monoisotopic (exact) mass is 325 g/mol. The molecule has 0 saturated carbocycles. The van der Waals surface area contributed by atoms with Crippen molar-refractivity contribution in [2.24, 2.45) is 7.05 Å². The van der Waals surface area contributed by atoms with Crippen LogP contribution in [0.2, 0.25) is 0 Å². The number of anilines is 1. The minimum atomic E-state index is -0.370. The molecule has 3 aromatic heterocycles. The Morgan fingerprint density at radius 3 is 2.71 bits per heavy atom. The zero-order valence-electron chi connectivity index (χ0n) is 14.1. The molecule has 3 rings (SSSR count). The molecule has 0 spiro atoms. The van der Waals surface area contributed by atoms with Gasteiger partial charge in [0, 0.05) is 25.0 Å². The largest absolute Gasteiger partial charge is 0.317 e. The minimum absolute atomic E-state index is 0.241. The molecule has 0 radical (unpaired) electrons. The van der Waals surface area contributed by atoms with E-state index in [2.05, 4.69) is 15.4 Å². The second-order valence-corrected chi connectivity index (χ2v) is 6.59. The number of pyridine rings is 2. The fourth-order valence-electron chi connectivity index (χ4n) is 2.55. The molecule has 1 amide bonds. The van der Waals surface area contributed by atoms with Crippen LogP contribution in [0.3, 0.4) is 0 Å². The summed E-state index contributed by atoms with van der Waals surface area (Å²) in [6.45, 7) is 5.80. The summed E-state index contributed by atoms with van der Waals surface area (Å²) in [4.78, 5) is 29.4. The first-order valence-electron chi connectivity index (χ1n) is 7.59. The predicted molar refractivity (Wildman–Crippen MR) is 92.2 cm³/mol. The number of rotatable bonds is 2. The van der Waals surface area contributed by atoms with E-state index in [1.807, 2.05) is 20.8 Å². The van der Waals surface area contributed by atoms with Crippen LogP contribution in [0, 0.1) is 0 Å². The minimum Gasteiger partial charge on any atom is -0.317 e. The summed E-state index contributed by atoms with van der Waals surface area (Å²) in [6.07, 6.45) is 4.86. The molecule has 0 bridgehead atoms. The Bertz CT molecular complexity index is 979. The number of hydrogen-bond donors (Lipinski definition) is 1. The van der Waals surface area contributed by atoms with Crippen molar-refractivity contribution in [1.82, 2.24) is 19.3 Å². The molecule has 0 fully saturated rings. The second-order valence-electron chi connectivity index (χ2n) is 6.59. The number of amides is 1. The smallest absolute Gasteiger partial charge is 0.274 e. The van der Waals surface area contributed by atoms with Gasteiger partial charge in [-0.2, -0.15) is 5.10 Å². The van der Waals surface area contributed by atoms with Gasteiger partial charge in [0.1, 0.15) is 5.69 Å². The Kier molecular flexibility index (Phi) is 3.71. The molecule has 3 heterocycles. The van der Waals surface area contributed by atoms with Crippen LogP contribution in [0.25, 0.3) is 11.0 Å². The molecule has 0 aliphatic carbocycles. The number of carbonyl (C=O) groups excluding carboxylic acids is 1. The standard InChI is InChI=1S/C17H19N5O2/c1-17(2,3)22-9-5-6-13(16(22)24)20-15(23)11-7-8-18-14-12(11)10-19-21(14)4/h5-10H,1-4H3,(H,20,23). The van der Waals surface area contributed by atoms with E-state index in [0.29, 0.717) is 16.6 Å². The van der Waals surface area contributed by atoms with Crippen LogP contribution in [0.15, 0.2) is 41.6 Å². The van der Waals surface area contributed by atoms with Crippen LogP contribution in [-0.2, 0) is 12.6 Å². The van der Waals surface area contributed by atoms with Crippen molar-refractivity contribution in [2.75, 3.05) is 5.32 Å². The lowest BCUT2D eigenvalue weighted by atomic mass is 10.1. The third kappa shape index (κ3) is 2.68. The molecular formula is C17H19N5O2. The van der Waals surface area contributed by atoms with E-state index in [1.165, 1.54) is 0 Å². The predicted octanol–water partition coefficient (Wildman–Crippen LogP) is 2.14. The lowest BCUT2D eigenvalue weighted by Gasteiger charge is -2.22. The maximum absolute atomic E-state index is 12.6. The Morgan fingerprint density at radius 2 is 2.00 bits per heavy atom. The first-order valence-corrected chi connectivity index (χ1v) is 7.59. The van der Waals surface area contributed by atoms with Gasteiger partial charge in [0.15, 0.2) is 5.65 Å². The quantitative estimate of drug-likeness (QED) is 0.782. The van der Waals surface area contributed by atoms with Gasteiger partial charge in [-0.1, -0.05) is 0 Å². The molecule has 0 atom stereocenters. The molecular weight excluding hydrogens is 306 g/mol. The van der Waals surface area contributed by atoms with Gasteiger partial charge in [-0.05, 0) is 39.0 Å². The van der Waals surface area contributed by atoms with Crippen LogP contribution >= 0.6 is 0 Å². The number of carbonyl (C=O) groups is 1. The average molecular weight is 325 g/mol. The van der Waals surface area contributed by atoms with Crippen molar-refractivity contribution >= 4 is 22.6 Å². The summed E-state index contributed by atoms with van der Waals surface area (Å²) in [7, 11) is 1.76. The average Bonchev–Trinajstić information content (AvgIpc) is 2.90. The van der Waals surface area contributed by atoms with Crippen molar-refractivity contribution in [3.05, 3.63) is 52.7 Å². The van der Waals surface area contributed by atoms with Crippen molar-refractivity contribution in [3.8, 4) is 0 Å². The lowest BCUT2D eigenvalue weighted by molar-refractivity contribution is 0.102. The van der Waals surface area contributed by atoms with Crippen LogP contribution in [-0.4, -0.2) is 25.2 Å². The van der Waals surface area contributed by atoms with Crippen molar-refractivity contribution < 1.29 is 4.79 Å². The number of nitrogens with zero attached hydrogens (tertiary/aromatic N) is 4. The molecule has 0 aliphatic heterocycles. The van der Waals surface area contributed by atoms with Crippen LogP contribution in [0.5, 0.6) is 0 Å². The third-order valence-corrected chi connectivity index (χ3v) is 3.80. The molecule has 7 heteroatoms. The summed E-state index contributed by atoms with van der Waals surface area (Å²) in [5.74, 6) is -0.362. The lowest BCUT2D eigenvalue weighted by Crippen LogP contribution is -2.35. The van der Waals surface area contributed by atoms with Gasteiger partial charge in [-0.15, -0.1) is 0 Å². The first-order chi connectivity index (χ1) is 11.3. The molecule has 24 heavy (non-hydrogen) atoms. The van der Waals surface area contributed by atoms with Gasteiger partial charge in [0.25, 0.3) is 11.5 Å². The highest BCUT2D eigenvalue weighted by molar-refractivity contribution is 6.11. The van der Waals surface area contributed by atoms with Gasteiger partial charge in [-0.3, -0.25) is 14.3 Å². The fourth-order valence-corrected chi connectivity index (χ4v) is 2.55. The first kappa shape index (κ1) is 15.9. The van der Waals surface area contributed by atoms with Crippen molar-refractivity contribution in [1.29, 1.82) is 0 Å². The van der Waals surface area contributed by atoms with E-state index in [9.17, 15) is 9.59 Å². The summed E-state index contributed by atoms with van der Waals surface area (Å²) >= 11 is 0. The summed E-state index contributed by atoms with van der Waals surface area (Å²) in [5.41, 5.74) is 0.674. The molecule has 124 valence electrons. The second kappa shape index (κ2) is 5.59. The van der Waals surface area contributed by atoms with Crippen molar-refractivity contribution in [2.45, 2.75) is 26.3 Å². The highest BCUT2D eigenvalue weighted by atomic mass is 16.2. The molecule has 0 aliphatic rings. The van der Waals surface area contributed by atoms with E-state index in [4.69, 9.17) is 0 Å². The normalized spacial score (nSPS) is 11.7. The van der Waals surface area contributed by atoms with Crippen LogP contribution < -0.4 is 10.9 Å². The molecule has 3 aromatic rings. The van der Waals surface area contributed by atoms with E-state index in [1.54, 1.807) is 53.1 Å². The SMILES string of the molecule is Cn1ncc2c(C(=O)Nc3cccn(C(C)(C)C)c3=O)ccnc21. The highest BCUT2D eigenvalue weighted by Gasteiger charge is 2.18. The molecule has 7 nitrogen and oxygen atoms in total.